The molecule has 0 aromatic carbocycles. The van der Waals surface area contributed by atoms with Crippen LogP contribution in [-0.4, -0.2) is 49.7 Å². The number of rotatable bonds is 11. The molecule has 5 heteroatoms. The molecule has 1 saturated heterocycles. The number of esters is 2. The zero-order valence-corrected chi connectivity index (χ0v) is 16.0. The van der Waals surface area contributed by atoms with Crippen molar-refractivity contribution in [2.45, 2.75) is 52.4 Å². The summed E-state index contributed by atoms with van der Waals surface area (Å²) in [5.41, 5.74) is 0. The molecule has 0 amide bonds. The zero-order valence-electron chi connectivity index (χ0n) is 16.0. The Morgan fingerprint density at radius 3 is 2.04 bits per heavy atom. The lowest BCUT2D eigenvalue weighted by Crippen LogP contribution is -2.24. The lowest BCUT2D eigenvalue weighted by molar-refractivity contribution is -0.138. The Kier molecular flexibility index (Phi) is 14.9. The first-order valence-electron chi connectivity index (χ1n) is 9.30. The number of hydrogen-bond acceptors (Lipinski definition) is 5. The van der Waals surface area contributed by atoms with Gasteiger partial charge in [-0.15, -0.1) is 0 Å². The monoisotopic (exact) mass is 353 g/mol. The van der Waals surface area contributed by atoms with E-state index >= 15 is 0 Å². The molecule has 1 aliphatic heterocycles. The number of carbonyl (C=O) groups excluding carboxylic acids is 2. The van der Waals surface area contributed by atoms with E-state index in [0.717, 1.165) is 38.4 Å². The second-order valence-electron chi connectivity index (χ2n) is 6.54. The maximum Gasteiger partial charge on any atom is 0.330 e. The third-order valence-electron chi connectivity index (χ3n) is 3.85. The molecule has 1 fully saturated rings. The molecular weight excluding hydrogens is 318 g/mol. The van der Waals surface area contributed by atoms with Gasteiger partial charge in [-0.2, -0.15) is 0 Å². The summed E-state index contributed by atoms with van der Waals surface area (Å²) in [5, 5.41) is 0. The van der Waals surface area contributed by atoms with Gasteiger partial charge in [0.1, 0.15) is 6.61 Å². The molecule has 0 saturated carbocycles. The molecule has 0 atom stereocenters. The summed E-state index contributed by atoms with van der Waals surface area (Å²) in [6, 6.07) is 0. The smallest absolute Gasteiger partial charge is 0.330 e. The number of likely N-dealkylation sites (tertiary alicyclic amines) is 1. The molecule has 0 aromatic rings. The lowest BCUT2D eigenvalue weighted by atomic mass is 10.1. The zero-order chi connectivity index (χ0) is 18.9. The highest BCUT2D eigenvalue weighted by Gasteiger charge is 2.10. The van der Waals surface area contributed by atoms with Crippen molar-refractivity contribution in [3.8, 4) is 0 Å². The van der Waals surface area contributed by atoms with Crippen molar-refractivity contribution >= 4 is 11.9 Å². The minimum atomic E-state index is -0.325. The van der Waals surface area contributed by atoms with E-state index in [4.69, 9.17) is 9.47 Å². The molecule has 5 nitrogen and oxygen atoms in total. The van der Waals surface area contributed by atoms with Crippen LogP contribution in [0.5, 0.6) is 0 Å². The Balaban J connectivity index is 0.000000462. The van der Waals surface area contributed by atoms with Crippen molar-refractivity contribution in [2.75, 3.05) is 32.8 Å². The van der Waals surface area contributed by atoms with Gasteiger partial charge in [-0.1, -0.05) is 46.3 Å². The fourth-order valence-corrected chi connectivity index (χ4v) is 2.40. The van der Waals surface area contributed by atoms with E-state index in [1.54, 1.807) is 0 Å². The minimum Gasteiger partial charge on any atom is -0.463 e. The minimum absolute atomic E-state index is 0.316. The maximum absolute atomic E-state index is 10.6. The molecule has 0 N–H and O–H groups in total. The van der Waals surface area contributed by atoms with Crippen molar-refractivity contribution in [1.82, 2.24) is 4.90 Å². The Morgan fingerprint density at radius 2 is 1.52 bits per heavy atom. The SMILES string of the molecule is C=CC(=O)OCCCCCC(C)C.C=CC(=O)OCCN1CCCC1. The van der Waals surface area contributed by atoms with Crippen LogP contribution in [0.1, 0.15) is 52.4 Å². The van der Waals surface area contributed by atoms with Crippen LogP contribution in [0.4, 0.5) is 0 Å². The quantitative estimate of drug-likeness (QED) is 0.322. The maximum atomic E-state index is 10.6. The van der Waals surface area contributed by atoms with Gasteiger partial charge in [0.25, 0.3) is 0 Å². The number of carbonyl (C=O) groups is 2. The predicted octanol–water partition coefficient (Wildman–Crippen LogP) is 3.74. The van der Waals surface area contributed by atoms with Crippen molar-refractivity contribution in [2.24, 2.45) is 5.92 Å². The van der Waals surface area contributed by atoms with Crippen LogP contribution in [0.3, 0.4) is 0 Å². The van der Waals surface area contributed by atoms with Crippen LogP contribution in [0.2, 0.25) is 0 Å². The van der Waals surface area contributed by atoms with Crippen LogP contribution in [-0.2, 0) is 19.1 Å². The average Bonchev–Trinajstić information content (AvgIpc) is 3.11. The van der Waals surface area contributed by atoms with Gasteiger partial charge in [0.15, 0.2) is 0 Å². The normalized spacial score (nSPS) is 13.7. The Hall–Kier alpha value is -1.62. The molecule has 144 valence electrons. The van der Waals surface area contributed by atoms with Crippen LogP contribution in [0.15, 0.2) is 25.3 Å². The summed E-state index contributed by atoms with van der Waals surface area (Å²) in [4.78, 5) is 23.5. The van der Waals surface area contributed by atoms with Gasteiger partial charge in [0, 0.05) is 18.7 Å². The van der Waals surface area contributed by atoms with Crippen LogP contribution < -0.4 is 0 Å². The van der Waals surface area contributed by atoms with Crippen LogP contribution >= 0.6 is 0 Å². The first-order chi connectivity index (χ1) is 12.0. The van der Waals surface area contributed by atoms with Crippen molar-refractivity contribution in [3.05, 3.63) is 25.3 Å². The van der Waals surface area contributed by atoms with E-state index in [-0.39, 0.29) is 11.9 Å². The molecule has 1 heterocycles. The topological polar surface area (TPSA) is 55.8 Å². The Labute approximate surface area is 153 Å². The summed E-state index contributed by atoms with van der Waals surface area (Å²) < 4.78 is 9.70. The molecule has 1 rings (SSSR count). The van der Waals surface area contributed by atoms with Gasteiger partial charge in [-0.3, -0.25) is 4.90 Å². The third kappa shape index (κ3) is 15.6. The van der Waals surface area contributed by atoms with Gasteiger partial charge in [0.2, 0.25) is 0 Å². The van der Waals surface area contributed by atoms with Crippen molar-refractivity contribution in [1.29, 1.82) is 0 Å². The highest BCUT2D eigenvalue weighted by molar-refractivity contribution is 5.81. The summed E-state index contributed by atoms with van der Waals surface area (Å²) in [7, 11) is 0. The van der Waals surface area contributed by atoms with Crippen LogP contribution in [0, 0.1) is 5.92 Å². The summed E-state index contributed by atoms with van der Waals surface area (Å²) in [5.74, 6) is 0.133. The van der Waals surface area contributed by atoms with E-state index in [0.29, 0.717) is 13.2 Å². The number of nitrogens with zero attached hydrogens (tertiary/aromatic N) is 1. The molecule has 0 aliphatic carbocycles. The van der Waals surface area contributed by atoms with Crippen LogP contribution in [0.25, 0.3) is 0 Å². The van der Waals surface area contributed by atoms with E-state index < -0.39 is 0 Å². The molecular formula is C20H35NO4. The molecule has 0 unspecified atom stereocenters. The number of hydrogen-bond donors (Lipinski definition) is 0. The second-order valence-corrected chi connectivity index (χ2v) is 6.54. The second kappa shape index (κ2) is 15.9. The van der Waals surface area contributed by atoms with Crippen molar-refractivity contribution in [3.63, 3.8) is 0 Å². The molecule has 25 heavy (non-hydrogen) atoms. The lowest BCUT2D eigenvalue weighted by Gasteiger charge is -2.13. The predicted molar refractivity (Wildman–Crippen MR) is 101 cm³/mol. The van der Waals surface area contributed by atoms with Gasteiger partial charge < -0.3 is 9.47 Å². The Bertz CT molecular complexity index is 387. The van der Waals surface area contributed by atoms with E-state index in [1.807, 2.05) is 0 Å². The standard InChI is InChI=1S/C11H20O2.C9H15NO2/c1-4-11(12)13-9-7-5-6-8-10(2)3;1-2-9(11)12-8-7-10-5-3-4-6-10/h4,10H,1,5-9H2,2-3H3;2H,1,3-8H2. The fourth-order valence-electron chi connectivity index (χ4n) is 2.40. The Morgan fingerprint density at radius 1 is 0.960 bits per heavy atom. The molecule has 0 bridgehead atoms. The summed E-state index contributed by atoms with van der Waals surface area (Å²) in [6.45, 7) is 15.3. The summed E-state index contributed by atoms with van der Waals surface area (Å²) >= 11 is 0. The van der Waals surface area contributed by atoms with E-state index in [9.17, 15) is 9.59 Å². The van der Waals surface area contributed by atoms with Crippen molar-refractivity contribution < 1.29 is 19.1 Å². The molecule has 0 aromatic heterocycles. The fraction of sp³-hybridized carbons (Fsp3) is 0.700. The van der Waals surface area contributed by atoms with E-state index in [2.05, 4.69) is 31.9 Å². The summed E-state index contributed by atoms with van der Waals surface area (Å²) in [6.07, 6.45) is 9.54. The van der Waals surface area contributed by atoms with Gasteiger partial charge in [-0.25, -0.2) is 9.59 Å². The molecule has 0 radical (unpaired) electrons. The third-order valence-corrected chi connectivity index (χ3v) is 3.85. The van der Waals surface area contributed by atoms with Gasteiger partial charge in [-0.05, 0) is 38.3 Å². The first kappa shape index (κ1) is 23.4. The first-order valence-corrected chi connectivity index (χ1v) is 9.30. The highest BCUT2D eigenvalue weighted by Crippen LogP contribution is 2.08. The van der Waals surface area contributed by atoms with Gasteiger partial charge in [0.05, 0.1) is 6.61 Å². The average molecular weight is 354 g/mol. The van der Waals surface area contributed by atoms with E-state index in [1.165, 1.54) is 37.8 Å². The molecule has 0 spiro atoms. The highest BCUT2D eigenvalue weighted by atomic mass is 16.5. The molecule has 1 aliphatic rings. The largest absolute Gasteiger partial charge is 0.463 e. The number of ether oxygens (including phenoxy) is 2. The number of unbranched alkanes of at least 4 members (excludes halogenated alkanes) is 2. The van der Waals surface area contributed by atoms with Gasteiger partial charge >= 0.3 is 11.9 Å².